The minimum Gasteiger partial charge on any atom is -0.446 e. The van der Waals surface area contributed by atoms with E-state index in [-0.39, 0.29) is 18.0 Å². The monoisotopic (exact) mass is 331 g/mol. The lowest BCUT2D eigenvalue weighted by molar-refractivity contribution is 0.0519. The van der Waals surface area contributed by atoms with Crippen molar-refractivity contribution in [2.45, 2.75) is 70.9 Å². The number of nitrogens with one attached hydrogen (secondary N) is 1. The molecule has 3 N–H and O–H groups in total. The molecule has 0 saturated heterocycles. The Morgan fingerprint density at radius 1 is 1.46 bits per heavy atom. The Hall–Kier alpha value is -1.36. The van der Waals surface area contributed by atoms with Crippen LogP contribution in [0.4, 0.5) is 0 Å². The number of amides is 1. The molecule has 132 valence electrons. The Balaban J connectivity index is 1.47. The molecular formula is C19H29N3O2. The molecule has 1 amide bonds. The summed E-state index contributed by atoms with van der Waals surface area (Å²) >= 11 is 0. The molecule has 5 heteroatoms. The van der Waals surface area contributed by atoms with Crippen molar-refractivity contribution in [1.82, 2.24) is 10.3 Å². The second-order valence-electron chi connectivity index (χ2n) is 8.39. The second-order valence-corrected chi connectivity index (χ2v) is 8.39. The highest BCUT2D eigenvalue weighted by Gasteiger charge is 2.56. The molecule has 1 aromatic rings. The van der Waals surface area contributed by atoms with Gasteiger partial charge in [-0.1, -0.05) is 6.92 Å². The fourth-order valence-electron chi connectivity index (χ4n) is 5.82. The van der Waals surface area contributed by atoms with E-state index >= 15 is 0 Å². The van der Waals surface area contributed by atoms with Crippen LogP contribution in [0.5, 0.6) is 0 Å². The van der Waals surface area contributed by atoms with Gasteiger partial charge in [-0.3, -0.25) is 4.79 Å². The molecule has 5 nitrogen and oxygen atoms in total. The summed E-state index contributed by atoms with van der Waals surface area (Å²) in [7, 11) is 0. The van der Waals surface area contributed by atoms with E-state index in [1.165, 1.54) is 44.8 Å². The van der Waals surface area contributed by atoms with Gasteiger partial charge in [-0.25, -0.2) is 4.98 Å². The van der Waals surface area contributed by atoms with Crippen LogP contribution in [0.15, 0.2) is 10.7 Å². The summed E-state index contributed by atoms with van der Waals surface area (Å²) in [4.78, 5) is 16.9. The summed E-state index contributed by atoms with van der Waals surface area (Å²) in [6, 6.07) is -0.0500. The van der Waals surface area contributed by atoms with Crippen molar-refractivity contribution in [3.8, 4) is 0 Å². The van der Waals surface area contributed by atoms with Crippen molar-refractivity contribution in [2.75, 3.05) is 0 Å². The van der Waals surface area contributed by atoms with Gasteiger partial charge in [0.15, 0.2) is 5.69 Å². The predicted octanol–water partition coefficient (Wildman–Crippen LogP) is 3.42. The van der Waals surface area contributed by atoms with Crippen LogP contribution in [0, 0.1) is 23.2 Å². The zero-order valence-electron chi connectivity index (χ0n) is 14.8. The number of oxazole rings is 1. The third-order valence-electron chi connectivity index (χ3n) is 7.12. The van der Waals surface area contributed by atoms with Crippen LogP contribution in [0.3, 0.4) is 0 Å². The molecule has 3 saturated carbocycles. The molecule has 0 spiro atoms. The van der Waals surface area contributed by atoms with Gasteiger partial charge in [0.2, 0.25) is 5.89 Å². The van der Waals surface area contributed by atoms with Crippen molar-refractivity contribution in [1.29, 1.82) is 0 Å². The van der Waals surface area contributed by atoms with Gasteiger partial charge in [0.25, 0.3) is 5.91 Å². The van der Waals surface area contributed by atoms with E-state index in [1.54, 1.807) is 0 Å². The summed E-state index contributed by atoms with van der Waals surface area (Å²) in [5, 5.41) is 3.24. The standard InChI is InChI=1S/C19H29N3O2/c1-3-15(20)18-22-16(10-24-18)17(23)21-11(2)19-5-4-12-6-13(9-19)8-14(19)7-12/h10-15H,3-9,20H2,1-2H3,(H,21,23). The van der Waals surface area contributed by atoms with E-state index in [0.29, 0.717) is 17.0 Å². The molecule has 24 heavy (non-hydrogen) atoms. The molecule has 6 unspecified atom stereocenters. The molecule has 3 fully saturated rings. The van der Waals surface area contributed by atoms with Gasteiger partial charge in [-0.2, -0.15) is 0 Å². The number of nitrogens with zero attached hydrogens (tertiary/aromatic N) is 1. The Morgan fingerprint density at radius 2 is 2.25 bits per heavy atom. The number of rotatable bonds is 5. The molecular weight excluding hydrogens is 302 g/mol. The minimum atomic E-state index is -0.244. The molecule has 1 heterocycles. The Labute approximate surface area is 143 Å². The number of aromatic nitrogens is 1. The SMILES string of the molecule is CCC(N)c1nc(C(=O)NC(C)C23CCC4CC(CC2C4)C3)co1. The summed E-state index contributed by atoms with van der Waals surface area (Å²) in [6.07, 6.45) is 10.2. The van der Waals surface area contributed by atoms with Gasteiger partial charge in [0.1, 0.15) is 6.26 Å². The maximum Gasteiger partial charge on any atom is 0.273 e. The molecule has 0 aliphatic heterocycles. The zero-order chi connectivity index (χ0) is 16.9. The lowest BCUT2D eigenvalue weighted by atomic mass is 9.61. The van der Waals surface area contributed by atoms with Crippen LogP contribution in [0.1, 0.15) is 81.2 Å². The highest BCUT2D eigenvalue weighted by Crippen LogP contribution is 2.63. The fourth-order valence-corrected chi connectivity index (χ4v) is 5.82. The average molecular weight is 331 g/mol. The van der Waals surface area contributed by atoms with Gasteiger partial charge in [0, 0.05) is 6.04 Å². The number of carbonyl (C=O) groups is 1. The third kappa shape index (κ3) is 2.48. The third-order valence-corrected chi connectivity index (χ3v) is 7.12. The van der Waals surface area contributed by atoms with Crippen LogP contribution in [0.25, 0.3) is 0 Å². The summed E-state index contributed by atoms with van der Waals surface area (Å²) in [6.45, 7) is 4.17. The van der Waals surface area contributed by atoms with E-state index in [9.17, 15) is 4.79 Å². The van der Waals surface area contributed by atoms with Gasteiger partial charge < -0.3 is 15.5 Å². The molecule has 3 bridgehead atoms. The first-order valence-corrected chi connectivity index (χ1v) is 9.53. The van der Waals surface area contributed by atoms with Gasteiger partial charge >= 0.3 is 0 Å². The van der Waals surface area contributed by atoms with Gasteiger partial charge in [-0.15, -0.1) is 0 Å². The molecule has 3 aliphatic carbocycles. The lowest BCUT2D eigenvalue weighted by Crippen LogP contribution is -2.49. The van der Waals surface area contributed by atoms with E-state index in [2.05, 4.69) is 17.2 Å². The largest absolute Gasteiger partial charge is 0.446 e. The minimum absolute atomic E-state index is 0.126. The van der Waals surface area contributed by atoms with Crippen LogP contribution in [-0.4, -0.2) is 16.9 Å². The Kier molecular flexibility index (Phi) is 3.94. The van der Waals surface area contributed by atoms with Crippen molar-refractivity contribution in [2.24, 2.45) is 28.9 Å². The molecule has 1 aromatic heterocycles. The number of carbonyl (C=O) groups excluding carboxylic acids is 1. The smallest absolute Gasteiger partial charge is 0.273 e. The summed E-state index contributed by atoms with van der Waals surface area (Å²) in [5.41, 5.74) is 6.59. The number of hydrogen-bond donors (Lipinski definition) is 2. The van der Waals surface area contributed by atoms with Crippen LogP contribution in [0.2, 0.25) is 0 Å². The zero-order valence-corrected chi connectivity index (χ0v) is 14.8. The first-order valence-electron chi connectivity index (χ1n) is 9.53. The predicted molar refractivity (Wildman–Crippen MR) is 91.3 cm³/mol. The number of fused-ring (bicyclic) bond motifs is 2. The molecule has 6 atom stereocenters. The highest BCUT2D eigenvalue weighted by molar-refractivity contribution is 5.92. The normalized spacial score (nSPS) is 36.5. The maximum absolute atomic E-state index is 12.6. The summed E-state index contributed by atoms with van der Waals surface area (Å²) in [5.74, 6) is 2.95. The van der Waals surface area contributed by atoms with Crippen molar-refractivity contribution in [3.05, 3.63) is 17.8 Å². The van der Waals surface area contributed by atoms with E-state index in [4.69, 9.17) is 10.2 Å². The van der Waals surface area contributed by atoms with Crippen LogP contribution < -0.4 is 11.1 Å². The van der Waals surface area contributed by atoms with Crippen LogP contribution >= 0.6 is 0 Å². The second kappa shape index (κ2) is 5.87. The quantitative estimate of drug-likeness (QED) is 0.866. The summed E-state index contributed by atoms with van der Waals surface area (Å²) < 4.78 is 5.38. The van der Waals surface area contributed by atoms with Crippen LogP contribution in [-0.2, 0) is 0 Å². The topological polar surface area (TPSA) is 81.1 Å². The molecule has 0 radical (unpaired) electrons. The molecule has 0 aromatic carbocycles. The first-order chi connectivity index (χ1) is 11.5. The van der Waals surface area contributed by atoms with Crippen molar-refractivity contribution in [3.63, 3.8) is 0 Å². The Morgan fingerprint density at radius 3 is 3.04 bits per heavy atom. The average Bonchev–Trinajstić information content (AvgIpc) is 3.12. The van der Waals surface area contributed by atoms with E-state index < -0.39 is 0 Å². The highest BCUT2D eigenvalue weighted by atomic mass is 16.3. The number of hydrogen-bond acceptors (Lipinski definition) is 4. The van der Waals surface area contributed by atoms with Gasteiger partial charge in [-0.05, 0) is 75.0 Å². The van der Waals surface area contributed by atoms with Crippen molar-refractivity contribution < 1.29 is 9.21 Å². The first kappa shape index (κ1) is 16.1. The lowest BCUT2D eigenvalue weighted by Gasteiger charge is -2.46. The maximum atomic E-state index is 12.6. The number of nitrogens with two attached hydrogens (primary N) is 1. The molecule has 4 rings (SSSR count). The molecule has 3 aliphatic rings. The van der Waals surface area contributed by atoms with Crippen molar-refractivity contribution >= 4 is 5.91 Å². The fraction of sp³-hybridized carbons (Fsp3) is 0.789. The van der Waals surface area contributed by atoms with Gasteiger partial charge in [0.05, 0.1) is 6.04 Å². The van der Waals surface area contributed by atoms with E-state index in [1.807, 2.05) is 6.92 Å². The Bertz CT molecular complexity index is 628. The van der Waals surface area contributed by atoms with E-state index in [0.717, 1.165) is 24.2 Å².